The fourth-order valence-electron chi connectivity index (χ4n) is 3.33. The molecule has 1 aliphatic rings. The molecule has 0 saturated heterocycles. The van der Waals surface area contributed by atoms with Gasteiger partial charge in [-0.1, -0.05) is 18.2 Å². The van der Waals surface area contributed by atoms with Crippen molar-refractivity contribution < 1.29 is 19.1 Å². The molecular weight excluding hydrogens is 384 g/mol. The van der Waals surface area contributed by atoms with Crippen LogP contribution in [0.3, 0.4) is 0 Å². The first-order valence-electron chi connectivity index (χ1n) is 9.55. The quantitative estimate of drug-likeness (QED) is 0.575. The third-order valence-electron chi connectivity index (χ3n) is 5.03. The lowest BCUT2D eigenvalue weighted by Gasteiger charge is -2.15. The molecule has 1 aromatic carbocycles. The number of furan rings is 1. The number of benzene rings is 1. The number of likely N-dealkylation sites (N-methyl/N-ethyl adjacent to an activating group) is 1. The van der Waals surface area contributed by atoms with Crippen molar-refractivity contribution in [2.45, 2.75) is 19.6 Å². The van der Waals surface area contributed by atoms with Crippen LogP contribution in [0.1, 0.15) is 16.9 Å². The highest BCUT2D eigenvalue weighted by atomic mass is 16.3. The molecule has 2 aromatic heterocycles. The smallest absolute Gasteiger partial charge is 0.256 e. The Hall–Kier alpha value is -3.65. The number of pyridine rings is 1. The zero-order valence-corrected chi connectivity index (χ0v) is 16.7. The fraction of sp³-hybridized carbons (Fsp3) is 0.227. The normalized spacial score (nSPS) is 16.1. The summed E-state index contributed by atoms with van der Waals surface area (Å²) in [6.45, 7) is 2.42. The van der Waals surface area contributed by atoms with Crippen molar-refractivity contribution in [1.29, 1.82) is 0 Å². The van der Waals surface area contributed by atoms with E-state index in [-0.39, 0.29) is 12.5 Å². The third-order valence-corrected chi connectivity index (χ3v) is 5.03. The van der Waals surface area contributed by atoms with E-state index in [4.69, 9.17) is 4.42 Å². The largest absolute Gasteiger partial charge is 0.461 e. The molecule has 0 spiro atoms. The number of hydrogen-bond acceptors (Lipinski definition) is 6. The number of nitrogens with one attached hydrogen (secondary N) is 2. The second-order valence-electron chi connectivity index (χ2n) is 7.21. The molecule has 4 rings (SSSR count). The highest BCUT2D eigenvalue weighted by Gasteiger charge is 2.21. The molecule has 0 unspecified atom stereocenters. The Kier molecular flexibility index (Phi) is 5.24. The number of aliphatic hydroxyl groups is 1. The summed E-state index contributed by atoms with van der Waals surface area (Å²) in [5, 5.41) is 16.2. The van der Waals surface area contributed by atoms with Gasteiger partial charge in [-0.15, -0.1) is 0 Å². The van der Waals surface area contributed by atoms with Gasteiger partial charge in [-0.3, -0.25) is 9.59 Å². The van der Waals surface area contributed by atoms with Crippen LogP contribution in [0.4, 0.5) is 11.5 Å². The molecule has 0 bridgehead atoms. The number of fused-ring (bicyclic) bond motifs is 2. The Morgan fingerprint density at radius 1 is 1.40 bits per heavy atom. The number of carbonyl (C=O) groups excluding carboxylic acids is 2. The predicted molar refractivity (Wildman–Crippen MR) is 114 cm³/mol. The number of rotatable bonds is 4. The first-order valence-corrected chi connectivity index (χ1v) is 9.55. The van der Waals surface area contributed by atoms with E-state index in [9.17, 15) is 14.7 Å². The van der Waals surface area contributed by atoms with Crippen LogP contribution in [0.2, 0.25) is 0 Å². The Labute approximate surface area is 173 Å². The van der Waals surface area contributed by atoms with E-state index in [0.717, 1.165) is 22.3 Å². The molecule has 1 atom stereocenters. The lowest BCUT2D eigenvalue weighted by molar-refractivity contribution is -0.125. The number of aromatic nitrogens is 1. The summed E-state index contributed by atoms with van der Waals surface area (Å²) in [6, 6.07) is 9.53. The zero-order valence-electron chi connectivity index (χ0n) is 16.7. The van der Waals surface area contributed by atoms with Crippen LogP contribution >= 0.6 is 0 Å². The molecule has 8 heteroatoms. The molecule has 3 aromatic rings. The van der Waals surface area contributed by atoms with E-state index >= 15 is 0 Å². The Morgan fingerprint density at radius 3 is 3.03 bits per heavy atom. The van der Waals surface area contributed by atoms with E-state index in [2.05, 4.69) is 15.6 Å². The predicted octanol–water partition coefficient (Wildman–Crippen LogP) is 2.53. The van der Waals surface area contributed by atoms with Crippen LogP contribution in [0.15, 0.2) is 47.0 Å². The molecule has 0 aliphatic carbocycles. The number of anilines is 2. The third kappa shape index (κ3) is 3.90. The summed E-state index contributed by atoms with van der Waals surface area (Å²) in [5.41, 5.74) is 3.07. The van der Waals surface area contributed by atoms with Crippen molar-refractivity contribution in [1.82, 2.24) is 9.88 Å². The lowest BCUT2D eigenvalue weighted by atomic mass is 10.1. The minimum Gasteiger partial charge on any atom is -0.461 e. The molecule has 3 N–H and O–H groups in total. The minimum atomic E-state index is -1.14. The van der Waals surface area contributed by atoms with Crippen LogP contribution in [0.25, 0.3) is 17.0 Å². The van der Waals surface area contributed by atoms with E-state index in [1.54, 1.807) is 30.3 Å². The van der Waals surface area contributed by atoms with Gasteiger partial charge in [0, 0.05) is 43.4 Å². The topological polar surface area (TPSA) is 108 Å². The highest BCUT2D eigenvalue weighted by molar-refractivity contribution is 5.98. The van der Waals surface area contributed by atoms with Gasteiger partial charge in [0.1, 0.15) is 17.4 Å². The summed E-state index contributed by atoms with van der Waals surface area (Å²) in [5.74, 6) is 0.478. The number of β-amino-alcohol motifs (C(OH)–C–C–N with tert-alkyl or cyclic N) is 1. The average Bonchev–Trinajstić information content (AvgIpc) is 2.98. The van der Waals surface area contributed by atoms with Crippen LogP contribution in [-0.2, 0) is 16.1 Å². The molecular formula is C22H22N4O4. The van der Waals surface area contributed by atoms with Gasteiger partial charge in [0.05, 0.1) is 5.69 Å². The first-order chi connectivity index (χ1) is 14.4. The van der Waals surface area contributed by atoms with Gasteiger partial charge in [-0.2, -0.15) is 0 Å². The lowest BCUT2D eigenvalue weighted by Crippen LogP contribution is -2.30. The molecule has 30 heavy (non-hydrogen) atoms. The molecule has 3 heterocycles. The van der Waals surface area contributed by atoms with Gasteiger partial charge >= 0.3 is 0 Å². The Morgan fingerprint density at radius 2 is 2.20 bits per heavy atom. The van der Waals surface area contributed by atoms with Gasteiger partial charge in [0.25, 0.3) is 5.91 Å². The van der Waals surface area contributed by atoms with Crippen LogP contribution in [0, 0.1) is 6.92 Å². The van der Waals surface area contributed by atoms with Crippen molar-refractivity contribution in [3.05, 3.63) is 59.5 Å². The number of carbonyl (C=O) groups is 2. The molecule has 0 fully saturated rings. The number of hydrogen-bond donors (Lipinski definition) is 3. The van der Waals surface area contributed by atoms with E-state index in [0.29, 0.717) is 23.6 Å². The Balaban J connectivity index is 1.47. The monoisotopic (exact) mass is 406 g/mol. The summed E-state index contributed by atoms with van der Waals surface area (Å²) in [6.07, 6.45) is 3.55. The van der Waals surface area contributed by atoms with Crippen molar-refractivity contribution in [2.75, 3.05) is 24.2 Å². The van der Waals surface area contributed by atoms with Crippen LogP contribution in [-0.4, -0.2) is 46.5 Å². The minimum absolute atomic E-state index is 0.0906. The molecule has 0 radical (unpaired) electrons. The number of para-hydroxylation sites is 1. The van der Waals surface area contributed by atoms with Crippen molar-refractivity contribution in [3.8, 4) is 0 Å². The zero-order chi connectivity index (χ0) is 21.3. The highest BCUT2D eigenvalue weighted by Crippen LogP contribution is 2.26. The van der Waals surface area contributed by atoms with Crippen molar-refractivity contribution in [2.24, 2.45) is 0 Å². The molecule has 2 amide bonds. The van der Waals surface area contributed by atoms with Crippen LogP contribution < -0.4 is 10.6 Å². The van der Waals surface area contributed by atoms with Gasteiger partial charge < -0.3 is 25.1 Å². The SMILES string of the molecule is Cc1oc2ccccc2c1CN(C)C(=O)/C=C/c1cnc2c(c1)NC[C@H](O)C(=O)N2. The van der Waals surface area contributed by atoms with Crippen molar-refractivity contribution >= 4 is 40.4 Å². The van der Waals surface area contributed by atoms with Gasteiger partial charge in [0.15, 0.2) is 5.82 Å². The summed E-state index contributed by atoms with van der Waals surface area (Å²) in [4.78, 5) is 30.1. The van der Waals surface area contributed by atoms with Gasteiger partial charge in [0.2, 0.25) is 5.91 Å². The van der Waals surface area contributed by atoms with E-state index in [1.807, 2.05) is 31.2 Å². The summed E-state index contributed by atoms with van der Waals surface area (Å²) in [7, 11) is 1.74. The second-order valence-corrected chi connectivity index (χ2v) is 7.21. The molecule has 154 valence electrons. The maximum Gasteiger partial charge on any atom is 0.256 e. The number of nitrogens with zero attached hydrogens (tertiary/aromatic N) is 2. The average molecular weight is 406 g/mol. The van der Waals surface area contributed by atoms with Crippen molar-refractivity contribution in [3.63, 3.8) is 0 Å². The second kappa shape index (κ2) is 8.00. The number of aliphatic hydroxyl groups excluding tert-OH is 1. The van der Waals surface area contributed by atoms with Gasteiger partial charge in [-0.25, -0.2) is 4.98 Å². The molecule has 8 nitrogen and oxygen atoms in total. The number of aryl methyl sites for hydroxylation is 1. The molecule has 1 aliphatic heterocycles. The van der Waals surface area contributed by atoms with Crippen LogP contribution in [0.5, 0.6) is 0 Å². The molecule has 0 saturated carbocycles. The standard InChI is InChI=1S/C22H22N4O4/c1-13-16(15-5-3-4-6-19(15)30-13)12-26(2)20(28)8-7-14-9-17-21(24-10-14)25-22(29)18(27)11-23-17/h3-10,18,23,27H,11-12H2,1-2H3,(H,24,25,29)/b8-7+/t18-/m0/s1. The van der Waals surface area contributed by atoms with E-state index < -0.39 is 12.0 Å². The van der Waals surface area contributed by atoms with Gasteiger partial charge in [-0.05, 0) is 30.7 Å². The maximum atomic E-state index is 12.6. The summed E-state index contributed by atoms with van der Waals surface area (Å²) < 4.78 is 5.77. The first kappa shape index (κ1) is 19.7. The fourth-order valence-corrected chi connectivity index (χ4v) is 3.33. The summed E-state index contributed by atoms with van der Waals surface area (Å²) >= 11 is 0. The Bertz CT molecular complexity index is 1150. The maximum absolute atomic E-state index is 12.6. The number of amides is 2. The van der Waals surface area contributed by atoms with E-state index in [1.165, 1.54) is 6.08 Å².